The molecule has 0 spiro atoms. The minimum atomic E-state index is 0. The molecule has 0 aliphatic carbocycles. The Balaban J connectivity index is 0.00000312. The second-order valence-electron chi connectivity index (χ2n) is 7.17. The van der Waals surface area contributed by atoms with Gasteiger partial charge in [0.05, 0.1) is 12.6 Å². The monoisotopic (exact) mass is 405 g/mol. The fourth-order valence-corrected chi connectivity index (χ4v) is 3.47. The number of likely N-dealkylation sites (N-methyl/N-ethyl adjacent to an activating group) is 1. The zero-order valence-corrected chi connectivity index (χ0v) is 18.3. The van der Waals surface area contributed by atoms with Crippen LogP contribution in [-0.2, 0) is 4.79 Å². The quantitative estimate of drug-likeness (QED) is 0.787. The van der Waals surface area contributed by atoms with E-state index in [4.69, 9.17) is 0 Å². The Morgan fingerprint density at radius 3 is 2.42 bits per heavy atom. The fraction of sp³-hybridized carbons (Fsp3) is 0.722. The van der Waals surface area contributed by atoms with Gasteiger partial charge in [-0.15, -0.1) is 24.8 Å². The third-order valence-electron chi connectivity index (χ3n) is 4.68. The fourth-order valence-electron chi connectivity index (χ4n) is 3.47. The maximum absolute atomic E-state index is 12.2. The molecule has 1 N–H and O–H groups in total. The summed E-state index contributed by atoms with van der Waals surface area (Å²) < 4.78 is 0. The maximum atomic E-state index is 12.2. The molecule has 2 rings (SSSR count). The largest absolute Gasteiger partial charge is 0.354 e. The van der Waals surface area contributed by atoms with Crippen LogP contribution in [0.2, 0.25) is 0 Å². The average molecular weight is 406 g/mol. The smallest absolute Gasteiger partial charge is 0.234 e. The molecule has 1 aliphatic rings. The van der Waals surface area contributed by atoms with E-state index in [1.165, 1.54) is 0 Å². The van der Waals surface area contributed by atoms with E-state index in [0.29, 0.717) is 12.5 Å². The van der Waals surface area contributed by atoms with Crippen molar-refractivity contribution >= 4 is 36.5 Å². The second kappa shape index (κ2) is 10.9. The van der Waals surface area contributed by atoms with E-state index in [0.717, 1.165) is 48.8 Å². The van der Waals surface area contributed by atoms with Crippen LogP contribution in [0.25, 0.3) is 0 Å². The third kappa shape index (κ3) is 6.25. The summed E-state index contributed by atoms with van der Waals surface area (Å²) in [5.41, 5.74) is 2.17. The third-order valence-corrected chi connectivity index (χ3v) is 4.68. The highest BCUT2D eigenvalue weighted by molar-refractivity contribution is 5.85. The molecule has 8 heteroatoms. The molecule has 150 valence electrons. The molecular formula is C18H33Cl2N5O. The molecule has 26 heavy (non-hydrogen) atoms. The van der Waals surface area contributed by atoms with E-state index in [-0.39, 0.29) is 36.8 Å². The molecule has 1 saturated heterocycles. The van der Waals surface area contributed by atoms with E-state index in [1.54, 1.807) is 0 Å². The molecule has 2 heterocycles. The first kappa shape index (κ1) is 24.9. The molecule has 1 aliphatic heterocycles. The lowest BCUT2D eigenvalue weighted by Crippen LogP contribution is -2.44. The number of carbonyl (C=O) groups excluding carboxylic acids is 1. The van der Waals surface area contributed by atoms with Crippen LogP contribution in [0.3, 0.4) is 0 Å². The Labute approximate surface area is 170 Å². The van der Waals surface area contributed by atoms with Crippen molar-refractivity contribution in [1.29, 1.82) is 0 Å². The minimum Gasteiger partial charge on any atom is -0.354 e. The number of hydrogen-bond donors (Lipinski definition) is 1. The molecule has 0 aromatic carbocycles. The van der Waals surface area contributed by atoms with Crippen LogP contribution in [0.1, 0.15) is 36.8 Å². The molecule has 1 fully saturated rings. The number of hydrogen-bond acceptors (Lipinski definition) is 5. The Morgan fingerprint density at radius 2 is 1.85 bits per heavy atom. The normalized spacial score (nSPS) is 19.1. The molecule has 2 atom stereocenters. The number of aryl methyl sites for hydroxylation is 2. The van der Waals surface area contributed by atoms with Crippen molar-refractivity contribution in [3.05, 3.63) is 17.1 Å². The molecule has 1 aromatic heterocycles. The van der Waals surface area contributed by atoms with Crippen molar-refractivity contribution in [3.63, 3.8) is 0 Å². The van der Waals surface area contributed by atoms with Crippen molar-refractivity contribution in [2.75, 3.05) is 38.6 Å². The lowest BCUT2D eigenvalue weighted by atomic mass is 9.98. The summed E-state index contributed by atoms with van der Waals surface area (Å²) in [6.45, 7) is 10.4. The predicted octanol–water partition coefficient (Wildman–Crippen LogP) is 2.53. The number of rotatable bonds is 6. The lowest BCUT2D eigenvalue weighted by Gasteiger charge is -2.21. The highest BCUT2D eigenvalue weighted by atomic mass is 35.5. The minimum absolute atomic E-state index is 0. The molecule has 0 unspecified atom stereocenters. The molecular weight excluding hydrogens is 373 g/mol. The number of halogens is 2. The number of nitrogens with one attached hydrogen (secondary N) is 1. The first-order valence-electron chi connectivity index (χ1n) is 8.82. The van der Waals surface area contributed by atoms with Crippen LogP contribution >= 0.6 is 24.8 Å². The van der Waals surface area contributed by atoms with Crippen molar-refractivity contribution < 1.29 is 4.79 Å². The van der Waals surface area contributed by atoms with Gasteiger partial charge in [-0.05, 0) is 47.2 Å². The lowest BCUT2D eigenvalue weighted by molar-refractivity contribution is -0.122. The van der Waals surface area contributed by atoms with Crippen molar-refractivity contribution in [2.45, 2.75) is 46.6 Å². The van der Waals surface area contributed by atoms with Crippen LogP contribution in [0, 0.1) is 26.7 Å². The maximum Gasteiger partial charge on any atom is 0.234 e. The van der Waals surface area contributed by atoms with Crippen molar-refractivity contribution in [2.24, 2.45) is 5.92 Å². The van der Waals surface area contributed by atoms with E-state index >= 15 is 0 Å². The van der Waals surface area contributed by atoms with Crippen LogP contribution in [-0.4, -0.2) is 60.5 Å². The Hall–Kier alpha value is -1.11. The molecule has 1 aromatic rings. The van der Waals surface area contributed by atoms with Gasteiger partial charge in [-0.1, -0.05) is 13.3 Å². The van der Waals surface area contributed by atoms with Gasteiger partial charge in [0, 0.05) is 24.3 Å². The first-order valence-corrected chi connectivity index (χ1v) is 8.82. The van der Waals surface area contributed by atoms with Gasteiger partial charge in [0.15, 0.2) is 0 Å². The molecule has 1 amide bonds. The Bertz CT molecular complexity index is 597. The number of nitrogens with zero attached hydrogens (tertiary/aromatic N) is 4. The van der Waals surface area contributed by atoms with Crippen LogP contribution < -0.4 is 10.2 Å². The van der Waals surface area contributed by atoms with E-state index in [9.17, 15) is 4.79 Å². The predicted molar refractivity (Wildman–Crippen MR) is 112 cm³/mol. The van der Waals surface area contributed by atoms with Crippen molar-refractivity contribution in [3.8, 4) is 0 Å². The standard InChI is InChI=1S/C18H31N5O.2ClH/c1-7-8-15-9-23(10-16(15)21-17(24)11-22(5)6)18-12(2)13(3)19-14(4)20-18;;/h15-16H,7-11H2,1-6H3,(H,21,24);2*1H/t15-,16-;;/m0../s1. The van der Waals surface area contributed by atoms with Crippen molar-refractivity contribution in [1.82, 2.24) is 20.2 Å². The topological polar surface area (TPSA) is 61.4 Å². The molecule has 6 nitrogen and oxygen atoms in total. The van der Waals surface area contributed by atoms with E-state index in [1.807, 2.05) is 32.8 Å². The van der Waals surface area contributed by atoms with Gasteiger partial charge < -0.3 is 15.1 Å². The highest BCUT2D eigenvalue weighted by Crippen LogP contribution is 2.28. The van der Waals surface area contributed by atoms with Gasteiger partial charge in [0.1, 0.15) is 11.6 Å². The van der Waals surface area contributed by atoms with Gasteiger partial charge in [0.25, 0.3) is 0 Å². The summed E-state index contributed by atoms with van der Waals surface area (Å²) in [6.07, 6.45) is 2.24. The van der Waals surface area contributed by atoms with Crippen LogP contribution in [0.4, 0.5) is 5.82 Å². The summed E-state index contributed by atoms with van der Waals surface area (Å²) in [6, 6.07) is 0.187. The van der Waals surface area contributed by atoms with Gasteiger partial charge in [-0.3, -0.25) is 4.79 Å². The van der Waals surface area contributed by atoms with Gasteiger partial charge >= 0.3 is 0 Å². The van der Waals surface area contributed by atoms with E-state index in [2.05, 4.69) is 34.0 Å². The average Bonchev–Trinajstić information content (AvgIpc) is 2.85. The number of anilines is 1. The Kier molecular flexibility index (Phi) is 10.4. The van der Waals surface area contributed by atoms with Gasteiger partial charge in [-0.25, -0.2) is 9.97 Å². The molecule has 0 bridgehead atoms. The zero-order valence-electron chi connectivity index (χ0n) is 16.7. The van der Waals surface area contributed by atoms with E-state index < -0.39 is 0 Å². The first-order chi connectivity index (χ1) is 11.3. The van der Waals surface area contributed by atoms with Crippen LogP contribution in [0.5, 0.6) is 0 Å². The molecule has 0 saturated carbocycles. The zero-order chi connectivity index (χ0) is 17.9. The SMILES string of the molecule is CCC[C@H]1CN(c2nc(C)nc(C)c2C)C[C@@H]1NC(=O)CN(C)C.Cl.Cl. The summed E-state index contributed by atoms with van der Waals surface area (Å²) in [5, 5.41) is 3.23. The summed E-state index contributed by atoms with van der Waals surface area (Å²) in [4.78, 5) is 25.5. The number of aromatic nitrogens is 2. The summed E-state index contributed by atoms with van der Waals surface area (Å²) >= 11 is 0. The van der Waals surface area contributed by atoms with Gasteiger partial charge in [0.2, 0.25) is 5.91 Å². The van der Waals surface area contributed by atoms with Gasteiger partial charge in [-0.2, -0.15) is 0 Å². The summed E-state index contributed by atoms with van der Waals surface area (Å²) in [5.74, 6) is 2.39. The number of amides is 1. The highest BCUT2D eigenvalue weighted by Gasteiger charge is 2.34. The van der Waals surface area contributed by atoms with Crippen LogP contribution in [0.15, 0.2) is 0 Å². The second-order valence-corrected chi connectivity index (χ2v) is 7.17. The molecule has 0 radical (unpaired) electrons. The Morgan fingerprint density at radius 1 is 1.19 bits per heavy atom. The number of carbonyl (C=O) groups is 1. The summed E-state index contributed by atoms with van der Waals surface area (Å²) in [7, 11) is 3.83.